The molecular weight excluding hydrogens is 493 g/mol. The van der Waals surface area contributed by atoms with Gasteiger partial charge < -0.3 is 19.7 Å². The topological polar surface area (TPSA) is 126 Å². The van der Waals surface area contributed by atoms with Gasteiger partial charge in [0.15, 0.2) is 0 Å². The summed E-state index contributed by atoms with van der Waals surface area (Å²) < 4.78 is 19.0. The molecule has 9 nitrogen and oxygen atoms in total. The second-order valence-electron chi connectivity index (χ2n) is 8.82. The van der Waals surface area contributed by atoms with Crippen LogP contribution in [0.4, 0.5) is 10.1 Å². The quantitative estimate of drug-likeness (QED) is 0.119. The average molecular weight is 515 g/mol. The lowest BCUT2D eigenvalue weighted by Gasteiger charge is -2.25. The van der Waals surface area contributed by atoms with Gasteiger partial charge in [-0.15, -0.1) is 0 Å². The van der Waals surface area contributed by atoms with Crippen molar-refractivity contribution in [2.75, 3.05) is 13.7 Å². The lowest BCUT2D eigenvalue weighted by atomic mass is 9.95. The number of nitro groups is 1. The number of amides is 1. The largest absolute Gasteiger partial charge is 0.507 e. The number of hydrogen-bond donors (Lipinski definition) is 2. The number of non-ortho nitro benzene ring substituents is 1. The SMILES string of the molecule is COc1ccc2[nH]cc(CCN3C(=O)C(=O)/C(=C(\O)c4ccc([N+](=O)[O-])cc4)C3c3ccc(F)cc3)c2c1. The Bertz CT molecular complexity index is 1590. The highest BCUT2D eigenvalue weighted by molar-refractivity contribution is 6.46. The van der Waals surface area contributed by atoms with E-state index in [0.29, 0.717) is 17.7 Å². The molecule has 192 valence electrons. The first-order valence-electron chi connectivity index (χ1n) is 11.7. The summed E-state index contributed by atoms with van der Waals surface area (Å²) in [5.74, 6) is -1.98. The van der Waals surface area contributed by atoms with Gasteiger partial charge in [-0.2, -0.15) is 0 Å². The number of aromatic nitrogens is 1. The molecule has 5 rings (SSSR count). The molecular formula is C28H22FN3O6. The van der Waals surface area contributed by atoms with Crippen molar-refractivity contribution in [3.63, 3.8) is 0 Å². The van der Waals surface area contributed by atoms with Gasteiger partial charge in [0.1, 0.15) is 17.3 Å². The van der Waals surface area contributed by atoms with Crippen molar-refractivity contribution in [1.82, 2.24) is 9.88 Å². The van der Waals surface area contributed by atoms with Gasteiger partial charge in [0, 0.05) is 41.3 Å². The van der Waals surface area contributed by atoms with Gasteiger partial charge in [-0.1, -0.05) is 12.1 Å². The molecule has 38 heavy (non-hydrogen) atoms. The molecule has 1 atom stereocenters. The van der Waals surface area contributed by atoms with Gasteiger partial charge in [0.05, 0.1) is 23.6 Å². The minimum atomic E-state index is -0.981. The van der Waals surface area contributed by atoms with E-state index in [2.05, 4.69) is 4.98 Å². The Morgan fingerprint density at radius 2 is 1.82 bits per heavy atom. The van der Waals surface area contributed by atoms with Crippen molar-refractivity contribution in [1.29, 1.82) is 0 Å². The zero-order valence-corrected chi connectivity index (χ0v) is 20.2. The van der Waals surface area contributed by atoms with E-state index in [1.807, 2.05) is 24.4 Å². The van der Waals surface area contributed by atoms with Crippen LogP contribution < -0.4 is 4.74 Å². The summed E-state index contributed by atoms with van der Waals surface area (Å²) >= 11 is 0. The Labute approximate surface area is 215 Å². The Morgan fingerprint density at radius 1 is 1.11 bits per heavy atom. The van der Waals surface area contributed by atoms with Crippen LogP contribution in [0.15, 0.2) is 78.5 Å². The van der Waals surface area contributed by atoms with Crippen molar-refractivity contribution in [2.24, 2.45) is 0 Å². The second-order valence-corrected chi connectivity index (χ2v) is 8.82. The van der Waals surface area contributed by atoms with E-state index in [9.17, 15) is 29.2 Å². The molecule has 0 bridgehead atoms. The average Bonchev–Trinajstić information content (AvgIpc) is 3.44. The summed E-state index contributed by atoms with van der Waals surface area (Å²) in [6.45, 7) is 0.133. The van der Waals surface area contributed by atoms with Crippen molar-refractivity contribution in [2.45, 2.75) is 12.5 Å². The fourth-order valence-corrected chi connectivity index (χ4v) is 4.73. The number of nitrogens with one attached hydrogen (secondary N) is 1. The molecule has 1 saturated heterocycles. The van der Waals surface area contributed by atoms with Crippen molar-refractivity contribution >= 4 is 34.0 Å². The molecule has 0 saturated carbocycles. The minimum absolute atomic E-state index is 0.133. The van der Waals surface area contributed by atoms with Crippen LogP contribution in [0, 0.1) is 15.9 Å². The number of methoxy groups -OCH3 is 1. The number of Topliss-reactive ketones (excluding diaryl/α,β-unsaturated/α-hetero) is 1. The fraction of sp³-hybridized carbons (Fsp3) is 0.143. The molecule has 0 radical (unpaired) electrons. The molecule has 1 amide bonds. The lowest BCUT2D eigenvalue weighted by molar-refractivity contribution is -0.384. The first-order chi connectivity index (χ1) is 18.3. The van der Waals surface area contributed by atoms with Crippen molar-refractivity contribution in [3.8, 4) is 5.75 Å². The monoisotopic (exact) mass is 515 g/mol. The summed E-state index contributed by atoms with van der Waals surface area (Å²) in [5, 5.41) is 23.0. The third kappa shape index (κ3) is 4.36. The van der Waals surface area contributed by atoms with E-state index < -0.39 is 34.2 Å². The first kappa shape index (κ1) is 24.7. The lowest BCUT2D eigenvalue weighted by Crippen LogP contribution is -2.31. The number of ether oxygens (including phenoxy) is 1. The number of aliphatic hydroxyl groups is 1. The van der Waals surface area contributed by atoms with Crippen LogP contribution in [-0.4, -0.2) is 45.3 Å². The maximum atomic E-state index is 13.7. The number of rotatable bonds is 7. The highest BCUT2D eigenvalue weighted by Gasteiger charge is 2.45. The predicted molar refractivity (Wildman–Crippen MR) is 137 cm³/mol. The Morgan fingerprint density at radius 3 is 2.47 bits per heavy atom. The molecule has 1 unspecified atom stereocenters. The van der Waals surface area contributed by atoms with Crippen molar-refractivity contribution in [3.05, 3.63) is 111 Å². The van der Waals surface area contributed by atoms with E-state index in [1.165, 1.54) is 53.4 Å². The summed E-state index contributed by atoms with van der Waals surface area (Å²) in [6.07, 6.45) is 2.21. The standard InChI is InChI=1S/C28H22FN3O6/c1-38-21-10-11-23-22(14-21)18(15-30-23)12-13-31-25(16-2-6-19(29)7-3-16)24(27(34)28(31)35)26(33)17-4-8-20(9-5-17)32(36)37/h2-11,14-15,25,30,33H,12-13H2,1H3/b26-24-. The van der Waals surface area contributed by atoms with E-state index >= 15 is 0 Å². The number of carbonyl (C=O) groups excluding carboxylic acids is 2. The highest BCUT2D eigenvalue weighted by Crippen LogP contribution is 2.40. The summed E-state index contributed by atoms with van der Waals surface area (Å²) in [4.78, 5) is 41.4. The number of nitrogens with zero attached hydrogens (tertiary/aromatic N) is 2. The number of carbonyl (C=O) groups is 2. The van der Waals surface area contributed by atoms with Gasteiger partial charge in [0.25, 0.3) is 17.4 Å². The second kappa shape index (κ2) is 9.81. The molecule has 10 heteroatoms. The Hall–Kier alpha value is -4.99. The number of likely N-dealkylation sites (tertiary alicyclic amines) is 1. The normalized spacial score (nSPS) is 16.8. The van der Waals surface area contributed by atoms with Crippen LogP contribution in [0.5, 0.6) is 5.75 Å². The number of hydrogen-bond acceptors (Lipinski definition) is 6. The third-order valence-corrected chi connectivity index (χ3v) is 6.67. The van der Waals surface area contributed by atoms with Gasteiger partial charge in [0.2, 0.25) is 0 Å². The van der Waals surface area contributed by atoms with E-state index in [1.54, 1.807) is 7.11 Å². The predicted octanol–water partition coefficient (Wildman–Crippen LogP) is 4.89. The van der Waals surface area contributed by atoms with Gasteiger partial charge >= 0.3 is 0 Å². The minimum Gasteiger partial charge on any atom is -0.507 e. The molecule has 1 fully saturated rings. The van der Waals surface area contributed by atoms with Crippen molar-refractivity contribution < 1.29 is 28.7 Å². The highest BCUT2D eigenvalue weighted by atomic mass is 19.1. The number of H-pyrrole nitrogens is 1. The number of aromatic amines is 1. The summed E-state index contributed by atoms with van der Waals surface area (Å²) in [6, 6.07) is 15.0. The summed E-state index contributed by atoms with van der Waals surface area (Å²) in [5.41, 5.74) is 2.01. The number of ketones is 1. The van der Waals surface area contributed by atoms with Crippen LogP contribution in [0.2, 0.25) is 0 Å². The maximum absolute atomic E-state index is 13.7. The summed E-state index contributed by atoms with van der Waals surface area (Å²) in [7, 11) is 1.57. The van der Waals surface area contributed by atoms with E-state index in [-0.39, 0.29) is 23.4 Å². The zero-order chi connectivity index (χ0) is 27.0. The maximum Gasteiger partial charge on any atom is 0.295 e. The van der Waals surface area contributed by atoms with Crippen LogP contribution in [0.25, 0.3) is 16.7 Å². The number of aliphatic hydroxyl groups excluding tert-OH is 1. The molecule has 1 aliphatic heterocycles. The van der Waals surface area contributed by atoms with Crippen LogP contribution in [0.3, 0.4) is 0 Å². The zero-order valence-electron chi connectivity index (χ0n) is 20.2. The molecule has 0 spiro atoms. The van der Waals surface area contributed by atoms with Crippen LogP contribution >= 0.6 is 0 Å². The number of benzene rings is 3. The number of halogens is 1. The van der Waals surface area contributed by atoms with Crippen LogP contribution in [-0.2, 0) is 16.0 Å². The molecule has 3 aromatic carbocycles. The van der Waals surface area contributed by atoms with Gasteiger partial charge in [-0.25, -0.2) is 4.39 Å². The first-order valence-corrected chi connectivity index (χ1v) is 11.7. The van der Waals surface area contributed by atoms with Gasteiger partial charge in [-0.05, 0) is 60.0 Å². The van der Waals surface area contributed by atoms with E-state index in [4.69, 9.17) is 4.74 Å². The number of nitro benzene ring substituents is 1. The smallest absolute Gasteiger partial charge is 0.295 e. The molecule has 1 aliphatic rings. The Kier molecular flexibility index (Phi) is 6.38. The molecule has 2 heterocycles. The Balaban J connectivity index is 1.54. The molecule has 4 aromatic rings. The van der Waals surface area contributed by atoms with E-state index in [0.717, 1.165) is 16.5 Å². The molecule has 1 aromatic heterocycles. The number of fused-ring (bicyclic) bond motifs is 1. The molecule has 2 N–H and O–H groups in total. The third-order valence-electron chi connectivity index (χ3n) is 6.67. The fourth-order valence-electron chi connectivity index (χ4n) is 4.73. The molecule has 0 aliphatic carbocycles. The van der Waals surface area contributed by atoms with Gasteiger partial charge in [-0.3, -0.25) is 19.7 Å². The van der Waals surface area contributed by atoms with Crippen LogP contribution in [0.1, 0.15) is 22.7 Å².